The molecule has 0 aliphatic heterocycles. The number of rotatable bonds is 1. The van der Waals surface area contributed by atoms with Gasteiger partial charge >= 0.3 is 0 Å². The third kappa shape index (κ3) is 3.12. The first-order chi connectivity index (χ1) is 5.97. The molecule has 2 rings (SSSR count). The Hall–Kier alpha value is -0.870. The van der Waals surface area contributed by atoms with Crippen molar-refractivity contribution in [1.82, 2.24) is 0 Å². The zero-order valence-corrected chi connectivity index (χ0v) is 10.2. The number of benzene rings is 2. The van der Waals surface area contributed by atoms with Crippen molar-refractivity contribution >= 4 is 0 Å². The van der Waals surface area contributed by atoms with Gasteiger partial charge in [-0.3, -0.25) is 0 Å². The molecule has 14 heavy (non-hydrogen) atoms. The van der Waals surface area contributed by atoms with Gasteiger partial charge in [0.2, 0.25) is 24.0 Å². The van der Waals surface area contributed by atoms with E-state index in [1.54, 1.807) is 0 Å². The highest BCUT2D eigenvalue weighted by Crippen LogP contribution is 2.17. The van der Waals surface area contributed by atoms with Gasteiger partial charge in [-0.05, 0) is 11.1 Å². The molecule has 0 spiro atoms. The molecule has 74 valence electrons. The molecule has 0 aliphatic carbocycles. The number of hydrogen-bond acceptors (Lipinski definition) is 1. The second-order valence-electron chi connectivity index (χ2n) is 2.73. The van der Waals surface area contributed by atoms with E-state index < -0.39 is 0 Å². The second kappa shape index (κ2) is 6.56. The lowest BCUT2D eigenvalue weighted by Crippen LogP contribution is -3.00. The minimum absolute atomic E-state index is 0. The first kappa shape index (κ1) is 13.1. The van der Waals surface area contributed by atoms with Crippen molar-refractivity contribution in [2.45, 2.75) is 0 Å². The molecule has 0 atom stereocenters. The predicted octanol–water partition coefficient (Wildman–Crippen LogP) is -0.355. The van der Waals surface area contributed by atoms with Crippen LogP contribution in [0.25, 0.3) is 11.1 Å². The van der Waals surface area contributed by atoms with E-state index in [0.29, 0.717) is 0 Å². The molecule has 0 aliphatic rings. The third-order valence-corrected chi connectivity index (χ3v) is 1.88. The van der Waals surface area contributed by atoms with E-state index in [9.17, 15) is 0 Å². The molecule has 0 amide bonds. The molecule has 0 bridgehead atoms. The smallest absolute Gasteiger partial charge is 0.235 e. The van der Waals surface area contributed by atoms with Gasteiger partial charge in [0.05, 0.1) is 0 Å². The highest BCUT2D eigenvalue weighted by Gasteiger charge is 1.91. The highest BCUT2D eigenvalue weighted by atomic mass is 127. The Bertz CT molecular complexity index is 308. The Labute approximate surface area is 101 Å². The Balaban J connectivity index is 0.000000845. The van der Waals surface area contributed by atoms with Gasteiger partial charge in [-0.2, -0.15) is 0 Å². The normalized spacial score (nSPS) is 8.29. The highest BCUT2D eigenvalue weighted by molar-refractivity contribution is 5.62. The summed E-state index contributed by atoms with van der Waals surface area (Å²) in [5.41, 5.74) is 2.55. The third-order valence-electron chi connectivity index (χ3n) is 1.88. The van der Waals surface area contributed by atoms with Crippen molar-refractivity contribution < 1.29 is 29.5 Å². The van der Waals surface area contributed by atoms with E-state index in [4.69, 9.17) is 0 Å². The fourth-order valence-corrected chi connectivity index (χ4v) is 1.26. The lowest BCUT2D eigenvalue weighted by molar-refractivity contribution is -0.00000353. The zero-order valence-electron chi connectivity index (χ0n) is 7.67. The fourth-order valence-electron chi connectivity index (χ4n) is 1.26. The molecule has 2 aromatic rings. The Morgan fingerprint density at radius 1 is 0.500 bits per heavy atom. The zero-order chi connectivity index (χ0) is 8.23. The van der Waals surface area contributed by atoms with Crippen molar-refractivity contribution in [3.63, 3.8) is 0 Å². The van der Waals surface area contributed by atoms with Gasteiger partial charge in [-0.1, -0.05) is 60.7 Å². The van der Waals surface area contributed by atoms with Crippen molar-refractivity contribution in [3.05, 3.63) is 60.7 Å². The average Bonchev–Trinajstić information content (AvgIpc) is 2.21. The largest absolute Gasteiger partial charge is 0.870 e. The lowest BCUT2D eigenvalue weighted by atomic mass is 10.1. The molecule has 1 N–H and O–H groups in total. The fraction of sp³-hybridized carbons (Fsp3) is 0. The summed E-state index contributed by atoms with van der Waals surface area (Å²) >= 11 is 0. The van der Waals surface area contributed by atoms with Crippen LogP contribution in [0, 0.1) is 0 Å². The number of halogens is 1. The second-order valence-corrected chi connectivity index (χ2v) is 2.73. The molecule has 2 heteroatoms. The van der Waals surface area contributed by atoms with Crippen LogP contribution in [0.5, 0.6) is 0 Å². The van der Waals surface area contributed by atoms with Gasteiger partial charge in [-0.15, -0.1) is 0 Å². The van der Waals surface area contributed by atoms with E-state index in [2.05, 4.69) is 48.5 Å². The van der Waals surface area contributed by atoms with Crippen LogP contribution in [0.1, 0.15) is 0 Å². The van der Waals surface area contributed by atoms with Crippen LogP contribution in [0.15, 0.2) is 60.7 Å². The maximum absolute atomic E-state index is 2.12. The van der Waals surface area contributed by atoms with Crippen molar-refractivity contribution in [2.24, 2.45) is 0 Å². The van der Waals surface area contributed by atoms with Crippen molar-refractivity contribution in [1.29, 1.82) is 0 Å². The molecule has 0 saturated carbocycles. The predicted molar refractivity (Wildman–Crippen MR) is 56.6 cm³/mol. The minimum atomic E-state index is 0. The van der Waals surface area contributed by atoms with E-state index in [1.165, 1.54) is 11.1 Å². The van der Waals surface area contributed by atoms with Gasteiger partial charge < -0.3 is 5.48 Å². The first-order valence-corrected chi connectivity index (χ1v) is 4.07. The molecule has 0 unspecified atom stereocenters. The van der Waals surface area contributed by atoms with Crippen LogP contribution in [0.3, 0.4) is 0 Å². The Morgan fingerprint density at radius 2 is 0.786 bits per heavy atom. The van der Waals surface area contributed by atoms with Gasteiger partial charge in [0, 0.05) is 0 Å². The Kier molecular flexibility index (Phi) is 6.16. The SMILES string of the molecule is [IH2+].[OH-].c1ccc(-c2ccccc2)cc1. The van der Waals surface area contributed by atoms with Gasteiger partial charge in [0.15, 0.2) is 0 Å². The molecule has 0 radical (unpaired) electrons. The van der Waals surface area contributed by atoms with Gasteiger partial charge in [0.25, 0.3) is 0 Å². The summed E-state index contributed by atoms with van der Waals surface area (Å²) in [4.78, 5) is 0. The maximum Gasteiger partial charge on any atom is 0.235 e. The molecule has 1 nitrogen and oxygen atoms in total. The van der Waals surface area contributed by atoms with Crippen LogP contribution >= 0.6 is 0 Å². The lowest BCUT2D eigenvalue weighted by Gasteiger charge is -1.98. The van der Waals surface area contributed by atoms with E-state index in [0.717, 1.165) is 0 Å². The van der Waals surface area contributed by atoms with Crippen LogP contribution in [0.4, 0.5) is 0 Å². The first-order valence-electron chi connectivity index (χ1n) is 4.07. The molecule has 2 aromatic carbocycles. The summed E-state index contributed by atoms with van der Waals surface area (Å²) in [6, 6.07) is 20.8. The van der Waals surface area contributed by atoms with Crippen LogP contribution < -0.4 is 24.0 Å². The number of hydrogen-bond donors (Lipinski definition) is 0. The molecular formula is C12H13IO. The average molecular weight is 300 g/mol. The van der Waals surface area contributed by atoms with E-state index >= 15 is 0 Å². The van der Waals surface area contributed by atoms with Gasteiger partial charge in [-0.25, -0.2) is 0 Å². The van der Waals surface area contributed by atoms with Crippen LogP contribution in [-0.4, -0.2) is 5.48 Å². The standard InChI is InChI=1S/C12H10.H2I.H2O/c1-3-7-11(8-4-1)12-9-5-2-6-10-12;;/h1-10H;2*1H2/q;+1;/p-1. The van der Waals surface area contributed by atoms with E-state index in [-0.39, 0.29) is 29.5 Å². The van der Waals surface area contributed by atoms with E-state index in [1.807, 2.05) is 12.1 Å². The molecule has 0 fully saturated rings. The summed E-state index contributed by atoms with van der Waals surface area (Å²) < 4.78 is 0. The molecule has 0 saturated heterocycles. The summed E-state index contributed by atoms with van der Waals surface area (Å²) in [6.07, 6.45) is 0. The minimum Gasteiger partial charge on any atom is -0.870 e. The summed E-state index contributed by atoms with van der Waals surface area (Å²) in [5.74, 6) is 0. The Morgan fingerprint density at radius 3 is 1.07 bits per heavy atom. The molecule has 0 aromatic heterocycles. The summed E-state index contributed by atoms with van der Waals surface area (Å²) in [7, 11) is 0. The summed E-state index contributed by atoms with van der Waals surface area (Å²) in [5, 5.41) is 0. The molecule has 0 heterocycles. The summed E-state index contributed by atoms with van der Waals surface area (Å²) in [6.45, 7) is 0. The quantitative estimate of drug-likeness (QED) is 0.662. The van der Waals surface area contributed by atoms with Crippen molar-refractivity contribution in [3.8, 4) is 11.1 Å². The molecular weight excluding hydrogens is 287 g/mol. The monoisotopic (exact) mass is 300 g/mol. The van der Waals surface area contributed by atoms with Crippen LogP contribution in [0.2, 0.25) is 0 Å². The van der Waals surface area contributed by atoms with Crippen LogP contribution in [-0.2, 0) is 0 Å². The van der Waals surface area contributed by atoms with Crippen molar-refractivity contribution in [2.75, 3.05) is 0 Å². The topological polar surface area (TPSA) is 30.0 Å². The van der Waals surface area contributed by atoms with Gasteiger partial charge in [0.1, 0.15) is 0 Å². The maximum atomic E-state index is 2.12.